The number of carbonyl (C=O) groups is 7. The molecule has 14 nitrogen and oxygen atoms in total. The Hall–Kier alpha value is -4.49. The van der Waals surface area contributed by atoms with Crippen LogP contribution >= 0.6 is 0 Å². The lowest BCUT2D eigenvalue weighted by Crippen LogP contribution is -2.64. The molecule has 0 saturated carbocycles. The number of hydrogen-bond donors (Lipinski definition) is 4. The minimum absolute atomic E-state index is 0.0726. The van der Waals surface area contributed by atoms with E-state index in [1.54, 1.807) is 12.1 Å². The molecule has 14 heteroatoms. The molecule has 2 fully saturated rings. The molecule has 36 heavy (non-hydrogen) atoms. The van der Waals surface area contributed by atoms with E-state index in [9.17, 15) is 33.6 Å². The maximum atomic E-state index is 13.4. The Morgan fingerprint density at radius 1 is 1.17 bits per heavy atom. The van der Waals surface area contributed by atoms with Crippen LogP contribution < -0.4 is 16.1 Å². The first-order valence-electron chi connectivity index (χ1n) is 11.2. The smallest absolute Gasteiger partial charge is 0.358 e. The van der Waals surface area contributed by atoms with Gasteiger partial charge in [-0.3, -0.25) is 29.4 Å². The predicted octanol–water partition coefficient (Wildman–Crippen LogP) is -0.518. The van der Waals surface area contributed by atoms with Crippen LogP contribution in [0.5, 0.6) is 0 Å². The molecule has 6 amide bonds. The van der Waals surface area contributed by atoms with Crippen LogP contribution in [-0.2, 0) is 24.0 Å². The van der Waals surface area contributed by atoms with Gasteiger partial charge in [-0.15, -0.1) is 0 Å². The minimum atomic E-state index is -1.32. The highest BCUT2D eigenvalue weighted by Gasteiger charge is 2.44. The number of para-hydroxylation sites is 1. The third-order valence-electron chi connectivity index (χ3n) is 5.57. The average molecular weight is 502 g/mol. The number of aldehydes is 1. The Morgan fingerprint density at radius 2 is 1.89 bits per heavy atom. The fourth-order valence-electron chi connectivity index (χ4n) is 3.98. The lowest BCUT2D eigenvalue weighted by molar-refractivity contribution is -0.155. The van der Waals surface area contributed by atoms with Crippen molar-refractivity contribution >= 4 is 47.6 Å². The lowest BCUT2D eigenvalue weighted by atomic mass is 10.1. The summed E-state index contributed by atoms with van der Waals surface area (Å²) >= 11 is 0. The van der Waals surface area contributed by atoms with Crippen molar-refractivity contribution in [2.75, 3.05) is 18.4 Å². The van der Waals surface area contributed by atoms with Crippen molar-refractivity contribution in [1.29, 1.82) is 0 Å². The van der Waals surface area contributed by atoms with Crippen molar-refractivity contribution in [3.63, 3.8) is 0 Å². The van der Waals surface area contributed by atoms with Gasteiger partial charge in [0.1, 0.15) is 12.3 Å². The third kappa shape index (κ3) is 5.95. The van der Waals surface area contributed by atoms with Crippen LogP contribution in [0.3, 0.4) is 0 Å². The first kappa shape index (κ1) is 26.1. The Balaban J connectivity index is 1.83. The highest BCUT2D eigenvalue weighted by Crippen LogP contribution is 2.24. The molecule has 0 radical (unpaired) electrons. The monoisotopic (exact) mass is 502 g/mol. The molecule has 2 aliphatic heterocycles. The van der Waals surface area contributed by atoms with Gasteiger partial charge in [-0.05, 0) is 25.0 Å². The minimum Gasteiger partial charge on any atom is -0.481 e. The van der Waals surface area contributed by atoms with Crippen LogP contribution in [-0.4, -0.2) is 87.2 Å². The van der Waals surface area contributed by atoms with E-state index < -0.39 is 54.1 Å². The summed E-state index contributed by atoms with van der Waals surface area (Å²) in [5.74, 6) is -3.68. The van der Waals surface area contributed by atoms with Crippen molar-refractivity contribution in [1.82, 2.24) is 25.8 Å². The largest absolute Gasteiger partial charge is 0.481 e. The zero-order valence-electron chi connectivity index (χ0n) is 19.4. The van der Waals surface area contributed by atoms with Crippen LogP contribution in [0, 0.1) is 0 Å². The molecule has 192 valence electrons. The molecular weight excluding hydrogens is 476 g/mol. The number of carbonyl (C=O) groups excluding carboxylic acids is 6. The molecule has 0 aromatic heterocycles. The maximum absolute atomic E-state index is 13.4. The van der Waals surface area contributed by atoms with E-state index in [4.69, 9.17) is 5.11 Å². The van der Waals surface area contributed by atoms with Gasteiger partial charge in [0, 0.05) is 19.9 Å². The number of nitrogens with zero attached hydrogens (tertiary/aromatic N) is 3. The number of benzene rings is 1. The van der Waals surface area contributed by atoms with Crippen molar-refractivity contribution < 1.29 is 38.7 Å². The Morgan fingerprint density at radius 3 is 2.56 bits per heavy atom. The first-order valence-corrected chi connectivity index (χ1v) is 11.2. The Kier molecular flexibility index (Phi) is 8.19. The second-order valence-electron chi connectivity index (χ2n) is 8.22. The number of amides is 6. The van der Waals surface area contributed by atoms with Crippen molar-refractivity contribution in [2.24, 2.45) is 0 Å². The summed E-state index contributed by atoms with van der Waals surface area (Å²) in [5, 5.41) is 16.7. The molecule has 0 aliphatic carbocycles. The highest BCUT2D eigenvalue weighted by molar-refractivity contribution is 6.04. The van der Waals surface area contributed by atoms with Crippen LogP contribution in [0.15, 0.2) is 24.3 Å². The fraction of sp³-hybridized carbons (Fsp3) is 0.409. The number of fused-ring (bicyclic) bond motifs is 1. The van der Waals surface area contributed by atoms with Crippen molar-refractivity contribution in [3.05, 3.63) is 29.8 Å². The van der Waals surface area contributed by atoms with Crippen LogP contribution in [0.4, 0.5) is 10.5 Å². The molecule has 0 unspecified atom stereocenters. The van der Waals surface area contributed by atoms with E-state index in [-0.39, 0.29) is 43.5 Å². The number of nitrogens with one attached hydrogen (secondary N) is 3. The molecular formula is C22H26N6O8. The molecule has 1 aromatic rings. The quantitative estimate of drug-likeness (QED) is 0.342. The standard InChI is InChI=1S/C22H26N6O8/c1-13(30)23-16-6-3-2-5-15(16)20(34)25-26-10-8-18(31)27-9-4-7-17(28(27)22(26)36)21(35)24-14(12-29)11-19(32)33/h2-3,5-6,12,14,17H,4,7-11H2,1H3,(H,23,30)(H,24,35)(H,25,34)(H,32,33)/t14-,17-/m0/s1. The molecule has 0 spiro atoms. The van der Waals surface area contributed by atoms with Gasteiger partial charge in [-0.1, -0.05) is 12.1 Å². The highest BCUT2D eigenvalue weighted by atomic mass is 16.4. The van der Waals surface area contributed by atoms with E-state index in [0.29, 0.717) is 6.42 Å². The summed E-state index contributed by atoms with van der Waals surface area (Å²) in [6.45, 7) is 1.26. The Bertz CT molecular complexity index is 1090. The number of anilines is 1. The SMILES string of the molecule is CC(=O)Nc1ccccc1C(=O)NN1CCC(=O)N2CCC[C@@H](C(=O)N[C@H](C=O)CC(=O)O)N2C1=O. The van der Waals surface area contributed by atoms with E-state index >= 15 is 0 Å². The number of aliphatic carboxylic acids is 1. The van der Waals surface area contributed by atoms with Gasteiger partial charge in [0.15, 0.2) is 0 Å². The topological polar surface area (TPSA) is 186 Å². The van der Waals surface area contributed by atoms with E-state index in [1.165, 1.54) is 19.1 Å². The van der Waals surface area contributed by atoms with Gasteiger partial charge >= 0.3 is 12.0 Å². The summed E-state index contributed by atoms with van der Waals surface area (Å²) in [6, 6.07) is 2.76. The third-order valence-corrected chi connectivity index (χ3v) is 5.57. The number of hydrazine groups is 2. The number of carboxylic acid groups (broad SMARTS) is 1. The van der Waals surface area contributed by atoms with Gasteiger partial charge in [0.2, 0.25) is 17.7 Å². The molecule has 2 atom stereocenters. The molecule has 2 heterocycles. The number of rotatable bonds is 8. The van der Waals surface area contributed by atoms with Crippen LogP contribution in [0.2, 0.25) is 0 Å². The fourth-order valence-corrected chi connectivity index (χ4v) is 3.98. The summed E-state index contributed by atoms with van der Waals surface area (Å²) in [5.41, 5.74) is 2.73. The number of carboxylic acids is 1. The van der Waals surface area contributed by atoms with Gasteiger partial charge in [-0.2, -0.15) is 0 Å². The summed E-state index contributed by atoms with van der Waals surface area (Å²) < 4.78 is 0. The average Bonchev–Trinajstić information content (AvgIpc) is 2.95. The second-order valence-corrected chi connectivity index (χ2v) is 8.22. The van der Waals surface area contributed by atoms with Crippen LogP contribution in [0.1, 0.15) is 43.0 Å². The van der Waals surface area contributed by atoms with Crippen molar-refractivity contribution in [2.45, 2.75) is 44.7 Å². The maximum Gasteiger partial charge on any atom is 0.358 e. The summed E-state index contributed by atoms with van der Waals surface area (Å²) in [7, 11) is 0. The Labute approximate surface area is 205 Å². The zero-order valence-corrected chi connectivity index (χ0v) is 19.4. The first-order chi connectivity index (χ1) is 17.1. The molecule has 1 aromatic carbocycles. The molecule has 4 N–H and O–H groups in total. The number of urea groups is 1. The zero-order chi connectivity index (χ0) is 26.4. The van der Waals surface area contributed by atoms with Crippen LogP contribution in [0.25, 0.3) is 0 Å². The van der Waals surface area contributed by atoms with Crippen molar-refractivity contribution in [3.8, 4) is 0 Å². The molecule has 2 saturated heterocycles. The lowest BCUT2D eigenvalue weighted by Gasteiger charge is -2.42. The van der Waals surface area contributed by atoms with Gasteiger partial charge in [0.05, 0.1) is 30.3 Å². The van der Waals surface area contributed by atoms with Gasteiger partial charge in [-0.25, -0.2) is 19.8 Å². The number of hydrogen-bond acceptors (Lipinski definition) is 7. The van der Waals surface area contributed by atoms with E-state index in [1.807, 2.05) is 0 Å². The normalized spacial score (nSPS) is 18.5. The van der Waals surface area contributed by atoms with E-state index in [2.05, 4.69) is 16.1 Å². The molecule has 2 aliphatic rings. The van der Waals surface area contributed by atoms with Gasteiger partial charge < -0.3 is 20.5 Å². The van der Waals surface area contributed by atoms with E-state index in [0.717, 1.165) is 15.0 Å². The predicted molar refractivity (Wildman–Crippen MR) is 122 cm³/mol. The molecule has 0 bridgehead atoms. The molecule has 3 rings (SSSR count). The summed E-state index contributed by atoms with van der Waals surface area (Å²) in [4.78, 5) is 85.7. The second kappa shape index (κ2) is 11.3. The summed E-state index contributed by atoms with van der Waals surface area (Å²) in [6.07, 6.45) is 0.0254. The van der Waals surface area contributed by atoms with Gasteiger partial charge in [0.25, 0.3) is 5.91 Å².